The van der Waals surface area contributed by atoms with E-state index in [0.717, 1.165) is 31.7 Å². The molecular weight excluding hydrogens is 300 g/mol. The Hall–Kier alpha value is -2.25. The highest BCUT2D eigenvalue weighted by Gasteiger charge is 2.24. The Morgan fingerprint density at radius 1 is 1.35 bits per heavy atom. The fourth-order valence-corrected chi connectivity index (χ4v) is 2.41. The maximum Gasteiger partial charge on any atom is 0.407 e. The SMILES string of the molecule is COC(=O)c1ncc(N2CCC(NC(=O)OC(C)(C)C)CC2)[nH]1. The molecule has 2 heterocycles. The summed E-state index contributed by atoms with van der Waals surface area (Å²) >= 11 is 0. The number of piperidine rings is 1. The van der Waals surface area contributed by atoms with E-state index < -0.39 is 11.6 Å². The average Bonchev–Trinajstić information content (AvgIpc) is 2.95. The molecule has 0 atom stereocenters. The van der Waals surface area contributed by atoms with E-state index in [0.29, 0.717) is 0 Å². The van der Waals surface area contributed by atoms with Crippen molar-refractivity contribution in [1.29, 1.82) is 0 Å². The summed E-state index contributed by atoms with van der Waals surface area (Å²) in [5.41, 5.74) is -0.495. The first kappa shape index (κ1) is 17.1. The van der Waals surface area contributed by atoms with Gasteiger partial charge in [0.1, 0.15) is 11.4 Å². The monoisotopic (exact) mass is 324 g/mol. The lowest BCUT2D eigenvalue weighted by Crippen LogP contribution is -2.46. The molecule has 1 aromatic heterocycles. The number of carbonyl (C=O) groups is 2. The van der Waals surface area contributed by atoms with Crippen LogP contribution in [0.1, 0.15) is 44.2 Å². The summed E-state index contributed by atoms with van der Waals surface area (Å²) in [5, 5.41) is 2.89. The normalized spacial score (nSPS) is 16.1. The Bertz CT molecular complexity index is 556. The Balaban J connectivity index is 1.83. The Labute approximate surface area is 135 Å². The number of H-pyrrole nitrogens is 1. The molecule has 1 aliphatic rings. The lowest BCUT2D eigenvalue weighted by Gasteiger charge is -2.33. The number of ether oxygens (including phenoxy) is 2. The van der Waals surface area contributed by atoms with Crippen molar-refractivity contribution in [1.82, 2.24) is 15.3 Å². The first-order valence-corrected chi connectivity index (χ1v) is 7.66. The largest absolute Gasteiger partial charge is 0.463 e. The molecule has 8 nitrogen and oxygen atoms in total. The van der Waals surface area contributed by atoms with Crippen LogP contribution >= 0.6 is 0 Å². The van der Waals surface area contributed by atoms with E-state index in [1.165, 1.54) is 7.11 Å². The molecule has 0 saturated carbocycles. The van der Waals surface area contributed by atoms with Gasteiger partial charge in [0, 0.05) is 19.1 Å². The highest BCUT2D eigenvalue weighted by atomic mass is 16.6. The molecule has 0 unspecified atom stereocenters. The second-order valence-electron chi connectivity index (χ2n) is 6.52. The third kappa shape index (κ3) is 4.87. The van der Waals surface area contributed by atoms with Crippen LogP contribution < -0.4 is 10.2 Å². The van der Waals surface area contributed by atoms with Gasteiger partial charge >= 0.3 is 12.1 Å². The molecule has 2 rings (SSSR count). The first-order chi connectivity index (χ1) is 10.8. The Morgan fingerprint density at radius 2 is 2.00 bits per heavy atom. The first-order valence-electron chi connectivity index (χ1n) is 7.66. The summed E-state index contributed by atoms with van der Waals surface area (Å²) < 4.78 is 9.89. The van der Waals surface area contributed by atoms with Crippen molar-refractivity contribution in [2.24, 2.45) is 0 Å². The Morgan fingerprint density at radius 3 is 2.57 bits per heavy atom. The summed E-state index contributed by atoms with van der Waals surface area (Å²) in [6.07, 6.45) is 2.83. The molecular formula is C15H24N4O4. The molecule has 23 heavy (non-hydrogen) atoms. The number of methoxy groups -OCH3 is 1. The molecule has 1 saturated heterocycles. The minimum atomic E-state index is -0.495. The number of amides is 1. The predicted molar refractivity (Wildman–Crippen MR) is 84.5 cm³/mol. The van der Waals surface area contributed by atoms with Gasteiger partial charge in [-0.3, -0.25) is 0 Å². The van der Waals surface area contributed by atoms with Crippen molar-refractivity contribution in [3.63, 3.8) is 0 Å². The zero-order valence-electron chi connectivity index (χ0n) is 14.0. The van der Waals surface area contributed by atoms with Crippen LogP contribution in [0.4, 0.5) is 10.6 Å². The zero-order chi connectivity index (χ0) is 17.0. The van der Waals surface area contributed by atoms with E-state index >= 15 is 0 Å². The summed E-state index contributed by atoms with van der Waals surface area (Å²) in [6, 6.07) is 0.0871. The van der Waals surface area contributed by atoms with Crippen molar-refractivity contribution in [3.05, 3.63) is 12.0 Å². The number of rotatable bonds is 3. The van der Waals surface area contributed by atoms with Crippen molar-refractivity contribution in [2.45, 2.75) is 45.3 Å². The second kappa shape index (κ2) is 6.89. The van der Waals surface area contributed by atoms with E-state index in [2.05, 4.69) is 24.9 Å². The van der Waals surface area contributed by atoms with Crippen LogP contribution in [0.25, 0.3) is 0 Å². The van der Waals surface area contributed by atoms with Crippen LogP contribution in [-0.4, -0.2) is 53.9 Å². The maximum absolute atomic E-state index is 11.8. The summed E-state index contributed by atoms with van der Waals surface area (Å²) in [7, 11) is 1.32. The fourth-order valence-electron chi connectivity index (χ4n) is 2.41. The van der Waals surface area contributed by atoms with Crippen LogP contribution in [0.3, 0.4) is 0 Å². The molecule has 2 N–H and O–H groups in total. The fraction of sp³-hybridized carbons (Fsp3) is 0.667. The van der Waals surface area contributed by atoms with Gasteiger partial charge in [-0.05, 0) is 33.6 Å². The number of anilines is 1. The predicted octanol–water partition coefficient (Wildman–Crippen LogP) is 1.69. The van der Waals surface area contributed by atoms with Gasteiger partial charge in [0.25, 0.3) is 0 Å². The van der Waals surface area contributed by atoms with Crippen LogP contribution in [0, 0.1) is 0 Å². The molecule has 128 valence electrons. The van der Waals surface area contributed by atoms with Crippen molar-refractivity contribution >= 4 is 17.9 Å². The van der Waals surface area contributed by atoms with Crippen molar-refractivity contribution < 1.29 is 19.1 Å². The zero-order valence-corrected chi connectivity index (χ0v) is 14.0. The lowest BCUT2D eigenvalue weighted by atomic mass is 10.1. The summed E-state index contributed by atoms with van der Waals surface area (Å²) in [4.78, 5) is 32.2. The lowest BCUT2D eigenvalue weighted by molar-refractivity contribution is 0.0496. The van der Waals surface area contributed by atoms with E-state index in [1.54, 1.807) is 6.20 Å². The van der Waals surface area contributed by atoms with Gasteiger partial charge in [-0.2, -0.15) is 0 Å². The molecule has 0 aliphatic carbocycles. The minimum Gasteiger partial charge on any atom is -0.463 e. The number of hydrogen-bond donors (Lipinski definition) is 2. The number of aromatic amines is 1. The number of hydrogen-bond acceptors (Lipinski definition) is 6. The number of nitrogens with one attached hydrogen (secondary N) is 2. The standard InChI is InChI=1S/C15H24N4O4/c1-15(2,3)23-14(21)17-10-5-7-19(8-6-10)11-9-16-12(18-11)13(20)22-4/h9-10H,5-8H2,1-4H3,(H,16,18)(H,17,21). The second-order valence-corrected chi connectivity index (χ2v) is 6.52. The summed E-state index contributed by atoms with van der Waals surface area (Å²) in [5.74, 6) is 0.482. The van der Waals surface area contributed by atoms with Crippen LogP contribution in [0.15, 0.2) is 6.20 Å². The van der Waals surface area contributed by atoms with E-state index in [-0.39, 0.29) is 18.0 Å². The quantitative estimate of drug-likeness (QED) is 0.821. The van der Waals surface area contributed by atoms with E-state index in [9.17, 15) is 9.59 Å². The molecule has 1 aliphatic heterocycles. The minimum absolute atomic E-state index is 0.0871. The van der Waals surface area contributed by atoms with Gasteiger partial charge in [-0.25, -0.2) is 14.6 Å². The van der Waals surface area contributed by atoms with Gasteiger partial charge in [0.05, 0.1) is 13.3 Å². The molecule has 0 spiro atoms. The van der Waals surface area contributed by atoms with Crippen LogP contribution in [0.2, 0.25) is 0 Å². The van der Waals surface area contributed by atoms with Crippen LogP contribution in [0.5, 0.6) is 0 Å². The molecule has 0 aromatic carbocycles. The number of aromatic nitrogens is 2. The third-order valence-electron chi connectivity index (χ3n) is 3.50. The van der Waals surface area contributed by atoms with Gasteiger partial charge in [0.15, 0.2) is 0 Å². The average molecular weight is 324 g/mol. The van der Waals surface area contributed by atoms with Crippen molar-refractivity contribution in [3.8, 4) is 0 Å². The number of carbonyl (C=O) groups excluding carboxylic acids is 2. The maximum atomic E-state index is 11.8. The number of imidazole rings is 1. The molecule has 1 fully saturated rings. The third-order valence-corrected chi connectivity index (χ3v) is 3.50. The van der Waals surface area contributed by atoms with Gasteiger partial charge in [-0.1, -0.05) is 0 Å². The molecule has 0 bridgehead atoms. The number of esters is 1. The van der Waals surface area contributed by atoms with E-state index in [1.807, 2.05) is 20.8 Å². The Kier molecular flexibility index (Phi) is 5.12. The van der Waals surface area contributed by atoms with Gasteiger partial charge in [-0.15, -0.1) is 0 Å². The van der Waals surface area contributed by atoms with E-state index in [4.69, 9.17) is 4.74 Å². The van der Waals surface area contributed by atoms with Crippen LogP contribution in [-0.2, 0) is 9.47 Å². The van der Waals surface area contributed by atoms with Gasteiger partial charge in [0.2, 0.25) is 5.82 Å². The molecule has 1 aromatic rings. The molecule has 8 heteroatoms. The molecule has 1 amide bonds. The smallest absolute Gasteiger partial charge is 0.407 e. The number of alkyl carbamates (subject to hydrolysis) is 1. The highest BCUT2D eigenvalue weighted by molar-refractivity contribution is 5.85. The molecule has 0 radical (unpaired) electrons. The highest BCUT2D eigenvalue weighted by Crippen LogP contribution is 2.18. The van der Waals surface area contributed by atoms with Crippen molar-refractivity contribution in [2.75, 3.05) is 25.1 Å². The number of nitrogens with zero attached hydrogens (tertiary/aromatic N) is 2. The van der Waals surface area contributed by atoms with Gasteiger partial charge < -0.3 is 24.7 Å². The summed E-state index contributed by atoms with van der Waals surface area (Å²) in [6.45, 7) is 7.03. The topological polar surface area (TPSA) is 96.6 Å².